The Morgan fingerprint density at radius 2 is 1.84 bits per heavy atom. The minimum absolute atomic E-state index is 0.213. The molecule has 0 heterocycles. The predicted octanol–water partition coefficient (Wildman–Crippen LogP) is 6.35. The van der Waals surface area contributed by atoms with E-state index in [4.69, 9.17) is 12.6 Å². The predicted molar refractivity (Wildman–Crippen MR) is 91.0 cm³/mol. The van der Waals surface area contributed by atoms with Gasteiger partial charge in [0.1, 0.15) is 0 Å². The maximum Gasteiger partial charge on any atom is 0.0132 e. The maximum atomic E-state index is 5.13. The molecule has 1 fully saturated rings. The topological polar surface area (TPSA) is 0 Å². The molecule has 0 aromatic rings. The Hall–Kier alpha value is 0.350. The SMILES string of the molecule is CCC(C)CC1CC(C)(C)CCCC(C)CC1(C)S. The number of hydrogen-bond donors (Lipinski definition) is 1. The molecule has 4 unspecified atom stereocenters. The standard InChI is InChI=1S/C18H36S/c1-7-14(2)11-16-13-17(4,5)10-8-9-15(3)12-18(16,6)19/h14-16,19H,7-13H2,1-6H3. The molecular weight excluding hydrogens is 248 g/mol. The van der Waals surface area contributed by atoms with Crippen LogP contribution in [0, 0.1) is 23.2 Å². The Balaban J connectivity index is 2.89. The van der Waals surface area contributed by atoms with Crippen molar-refractivity contribution in [3.8, 4) is 0 Å². The summed E-state index contributed by atoms with van der Waals surface area (Å²) in [5.74, 6) is 2.43. The van der Waals surface area contributed by atoms with Crippen molar-refractivity contribution < 1.29 is 0 Å². The molecule has 1 aliphatic carbocycles. The first kappa shape index (κ1) is 17.4. The van der Waals surface area contributed by atoms with Crippen LogP contribution in [0.1, 0.15) is 86.5 Å². The number of rotatable bonds is 3. The zero-order valence-electron chi connectivity index (χ0n) is 14.1. The number of hydrogen-bond acceptors (Lipinski definition) is 1. The first-order valence-electron chi connectivity index (χ1n) is 8.38. The van der Waals surface area contributed by atoms with Crippen molar-refractivity contribution in [2.45, 2.75) is 91.2 Å². The molecule has 1 heteroatoms. The van der Waals surface area contributed by atoms with Gasteiger partial charge in [-0.15, -0.1) is 0 Å². The summed E-state index contributed by atoms with van der Waals surface area (Å²) >= 11 is 5.13. The Labute approximate surface area is 127 Å². The van der Waals surface area contributed by atoms with Gasteiger partial charge in [0.25, 0.3) is 0 Å². The normalized spacial score (nSPS) is 38.1. The van der Waals surface area contributed by atoms with Gasteiger partial charge < -0.3 is 0 Å². The molecule has 0 saturated heterocycles. The lowest BCUT2D eigenvalue weighted by atomic mass is 9.71. The third kappa shape index (κ3) is 5.69. The highest BCUT2D eigenvalue weighted by molar-refractivity contribution is 7.81. The van der Waals surface area contributed by atoms with Crippen molar-refractivity contribution in [3.05, 3.63) is 0 Å². The second-order valence-electron chi connectivity index (χ2n) is 8.37. The Kier molecular flexibility index (Phi) is 6.29. The van der Waals surface area contributed by atoms with Gasteiger partial charge in [-0.25, -0.2) is 0 Å². The third-order valence-corrected chi connectivity index (χ3v) is 5.92. The van der Waals surface area contributed by atoms with E-state index in [2.05, 4.69) is 41.5 Å². The van der Waals surface area contributed by atoms with Gasteiger partial charge in [-0.2, -0.15) is 12.6 Å². The molecule has 1 saturated carbocycles. The number of thiol groups is 1. The first-order chi connectivity index (χ1) is 8.66. The molecular formula is C18H36S. The van der Waals surface area contributed by atoms with Crippen LogP contribution in [0.3, 0.4) is 0 Å². The Bertz CT molecular complexity index is 267. The van der Waals surface area contributed by atoms with Gasteiger partial charge in [0.15, 0.2) is 0 Å². The molecule has 0 radical (unpaired) electrons. The van der Waals surface area contributed by atoms with Gasteiger partial charge in [0, 0.05) is 4.75 Å². The summed E-state index contributed by atoms with van der Waals surface area (Å²) < 4.78 is 0.213. The van der Waals surface area contributed by atoms with Crippen molar-refractivity contribution in [1.29, 1.82) is 0 Å². The zero-order valence-corrected chi connectivity index (χ0v) is 15.0. The molecule has 0 amide bonds. The van der Waals surface area contributed by atoms with E-state index in [1.54, 1.807) is 0 Å². The smallest absolute Gasteiger partial charge is 0.0132 e. The van der Waals surface area contributed by atoms with Crippen LogP contribution in [0.2, 0.25) is 0 Å². The van der Waals surface area contributed by atoms with Gasteiger partial charge in [-0.3, -0.25) is 0 Å². The van der Waals surface area contributed by atoms with Crippen molar-refractivity contribution in [1.82, 2.24) is 0 Å². The molecule has 0 aliphatic heterocycles. The Morgan fingerprint density at radius 1 is 1.21 bits per heavy atom. The van der Waals surface area contributed by atoms with Gasteiger partial charge in [0.05, 0.1) is 0 Å². The van der Waals surface area contributed by atoms with Gasteiger partial charge in [-0.05, 0) is 48.9 Å². The molecule has 0 aromatic heterocycles. The second-order valence-corrected chi connectivity index (χ2v) is 9.39. The molecule has 0 N–H and O–H groups in total. The summed E-state index contributed by atoms with van der Waals surface area (Å²) in [5, 5.41) is 0. The fourth-order valence-electron chi connectivity index (χ4n) is 3.88. The highest BCUT2D eigenvalue weighted by atomic mass is 32.1. The van der Waals surface area contributed by atoms with Crippen LogP contribution in [0.25, 0.3) is 0 Å². The van der Waals surface area contributed by atoms with Crippen LogP contribution in [-0.2, 0) is 0 Å². The van der Waals surface area contributed by atoms with Crippen LogP contribution < -0.4 is 0 Å². The molecule has 4 atom stereocenters. The highest BCUT2D eigenvalue weighted by Crippen LogP contribution is 2.46. The van der Waals surface area contributed by atoms with Crippen molar-refractivity contribution in [2.75, 3.05) is 0 Å². The van der Waals surface area contributed by atoms with Crippen LogP contribution in [0.5, 0.6) is 0 Å². The summed E-state index contributed by atoms with van der Waals surface area (Å²) in [6, 6.07) is 0. The van der Waals surface area contributed by atoms with Crippen LogP contribution in [-0.4, -0.2) is 4.75 Å². The fourth-order valence-corrected chi connectivity index (χ4v) is 4.39. The molecule has 114 valence electrons. The third-order valence-electron chi connectivity index (χ3n) is 5.37. The molecule has 19 heavy (non-hydrogen) atoms. The maximum absolute atomic E-state index is 5.13. The lowest BCUT2D eigenvalue weighted by molar-refractivity contribution is 0.190. The van der Waals surface area contributed by atoms with Crippen LogP contribution in [0.15, 0.2) is 0 Å². The van der Waals surface area contributed by atoms with E-state index >= 15 is 0 Å². The molecule has 1 rings (SSSR count). The van der Waals surface area contributed by atoms with E-state index in [0.717, 1.165) is 17.8 Å². The first-order valence-corrected chi connectivity index (χ1v) is 8.83. The van der Waals surface area contributed by atoms with Crippen LogP contribution in [0.4, 0.5) is 0 Å². The zero-order chi connectivity index (χ0) is 14.7. The summed E-state index contributed by atoms with van der Waals surface area (Å²) in [5.41, 5.74) is 0.492. The molecule has 0 aromatic carbocycles. The average molecular weight is 285 g/mol. The minimum atomic E-state index is 0.213. The quantitative estimate of drug-likeness (QED) is 0.573. The fraction of sp³-hybridized carbons (Fsp3) is 1.00. The van der Waals surface area contributed by atoms with Crippen molar-refractivity contribution in [2.24, 2.45) is 23.2 Å². The molecule has 1 aliphatic rings. The van der Waals surface area contributed by atoms with Crippen molar-refractivity contribution in [3.63, 3.8) is 0 Å². The lowest BCUT2D eigenvalue weighted by Gasteiger charge is -2.40. The van der Waals surface area contributed by atoms with E-state index in [-0.39, 0.29) is 4.75 Å². The van der Waals surface area contributed by atoms with Gasteiger partial charge in [-0.1, -0.05) is 60.8 Å². The highest BCUT2D eigenvalue weighted by Gasteiger charge is 2.37. The van der Waals surface area contributed by atoms with Gasteiger partial charge >= 0.3 is 0 Å². The molecule has 0 bridgehead atoms. The lowest BCUT2D eigenvalue weighted by Crippen LogP contribution is -2.34. The van der Waals surface area contributed by atoms with E-state index in [1.807, 2.05) is 0 Å². The summed E-state index contributed by atoms with van der Waals surface area (Å²) in [4.78, 5) is 0. The average Bonchev–Trinajstić information content (AvgIpc) is 2.28. The van der Waals surface area contributed by atoms with Gasteiger partial charge in [0.2, 0.25) is 0 Å². The van der Waals surface area contributed by atoms with E-state index < -0.39 is 0 Å². The summed E-state index contributed by atoms with van der Waals surface area (Å²) in [6.07, 6.45) is 9.46. The van der Waals surface area contributed by atoms with E-state index in [1.165, 1.54) is 44.9 Å². The minimum Gasteiger partial charge on any atom is -0.172 e. The van der Waals surface area contributed by atoms with Crippen LogP contribution >= 0.6 is 12.6 Å². The van der Waals surface area contributed by atoms with E-state index in [9.17, 15) is 0 Å². The van der Waals surface area contributed by atoms with E-state index in [0.29, 0.717) is 5.41 Å². The molecule has 0 spiro atoms. The summed E-state index contributed by atoms with van der Waals surface area (Å²) in [6.45, 7) is 14.5. The molecule has 0 nitrogen and oxygen atoms in total. The largest absolute Gasteiger partial charge is 0.172 e. The Morgan fingerprint density at radius 3 is 2.42 bits per heavy atom. The monoisotopic (exact) mass is 284 g/mol. The summed E-state index contributed by atoms with van der Waals surface area (Å²) in [7, 11) is 0. The second kappa shape index (κ2) is 6.87. The van der Waals surface area contributed by atoms with Crippen molar-refractivity contribution >= 4 is 12.6 Å².